The molecule has 0 aromatic carbocycles. The SMILES string of the molecule is Cn1ncc(C(=O)NCCCC(N)=O)c1N. The van der Waals surface area contributed by atoms with E-state index in [1.165, 1.54) is 10.9 Å². The van der Waals surface area contributed by atoms with Gasteiger partial charge in [0.15, 0.2) is 0 Å². The quantitative estimate of drug-likeness (QED) is 0.557. The summed E-state index contributed by atoms with van der Waals surface area (Å²) >= 11 is 0. The van der Waals surface area contributed by atoms with Crippen LogP contribution in [0.3, 0.4) is 0 Å². The van der Waals surface area contributed by atoms with Crippen molar-refractivity contribution in [3.63, 3.8) is 0 Å². The minimum absolute atomic E-state index is 0.253. The Kier molecular flexibility index (Phi) is 3.87. The number of primary amides is 1. The monoisotopic (exact) mass is 225 g/mol. The van der Waals surface area contributed by atoms with E-state index in [9.17, 15) is 9.59 Å². The van der Waals surface area contributed by atoms with Gasteiger partial charge < -0.3 is 16.8 Å². The number of carbonyl (C=O) groups is 2. The first-order valence-corrected chi connectivity index (χ1v) is 4.86. The number of nitrogen functional groups attached to an aromatic ring is 1. The average molecular weight is 225 g/mol. The summed E-state index contributed by atoms with van der Waals surface area (Å²) in [6.45, 7) is 0.385. The minimum Gasteiger partial charge on any atom is -0.383 e. The van der Waals surface area contributed by atoms with Gasteiger partial charge in [-0.2, -0.15) is 5.10 Å². The number of anilines is 1. The van der Waals surface area contributed by atoms with Crippen LogP contribution in [-0.2, 0) is 11.8 Å². The maximum Gasteiger partial charge on any atom is 0.256 e. The average Bonchev–Trinajstić information content (AvgIpc) is 2.54. The molecule has 0 radical (unpaired) electrons. The Morgan fingerprint density at radius 2 is 2.25 bits per heavy atom. The number of nitrogens with two attached hydrogens (primary N) is 2. The van der Waals surface area contributed by atoms with Crippen LogP contribution in [-0.4, -0.2) is 28.1 Å². The number of hydrogen-bond donors (Lipinski definition) is 3. The van der Waals surface area contributed by atoms with Gasteiger partial charge in [-0.25, -0.2) is 0 Å². The van der Waals surface area contributed by atoms with Gasteiger partial charge in [0.25, 0.3) is 5.91 Å². The minimum atomic E-state index is -0.379. The van der Waals surface area contributed by atoms with Crippen molar-refractivity contribution in [1.29, 1.82) is 0 Å². The van der Waals surface area contributed by atoms with E-state index in [4.69, 9.17) is 11.5 Å². The highest BCUT2D eigenvalue weighted by Gasteiger charge is 2.12. The second-order valence-corrected chi connectivity index (χ2v) is 3.39. The smallest absolute Gasteiger partial charge is 0.256 e. The van der Waals surface area contributed by atoms with Crippen LogP contribution in [0.2, 0.25) is 0 Å². The molecule has 5 N–H and O–H groups in total. The Morgan fingerprint density at radius 3 is 2.75 bits per heavy atom. The summed E-state index contributed by atoms with van der Waals surface area (Å²) in [5.74, 6) is -0.363. The second kappa shape index (κ2) is 5.15. The van der Waals surface area contributed by atoms with Gasteiger partial charge >= 0.3 is 0 Å². The van der Waals surface area contributed by atoms with Gasteiger partial charge in [0.2, 0.25) is 5.91 Å². The van der Waals surface area contributed by atoms with Crippen LogP contribution in [0.4, 0.5) is 5.82 Å². The predicted octanol–water partition coefficient (Wildman–Crippen LogP) is -1.00. The van der Waals surface area contributed by atoms with Crippen LogP contribution in [0.1, 0.15) is 23.2 Å². The van der Waals surface area contributed by atoms with Gasteiger partial charge in [-0.05, 0) is 6.42 Å². The summed E-state index contributed by atoms with van der Waals surface area (Å²) in [4.78, 5) is 22.0. The summed E-state index contributed by atoms with van der Waals surface area (Å²) in [6.07, 6.45) is 2.17. The maximum absolute atomic E-state index is 11.6. The topological polar surface area (TPSA) is 116 Å². The first kappa shape index (κ1) is 12.0. The number of amides is 2. The molecule has 1 aromatic rings. The van der Waals surface area contributed by atoms with Crippen LogP contribution < -0.4 is 16.8 Å². The van der Waals surface area contributed by atoms with Gasteiger partial charge in [-0.15, -0.1) is 0 Å². The van der Waals surface area contributed by atoms with Gasteiger partial charge in [-0.3, -0.25) is 14.3 Å². The Hall–Kier alpha value is -2.05. The fraction of sp³-hybridized carbons (Fsp3) is 0.444. The fourth-order valence-corrected chi connectivity index (χ4v) is 1.18. The molecule has 16 heavy (non-hydrogen) atoms. The predicted molar refractivity (Wildman–Crippen MR) is 58.4 cm³/mol. The highest BCUT2D eigenvalue weighted by molar-refractivity contribution is 5.98. The van der Waals surface area contributed by atoms with Crippen LogP contribution in [0.5, 0.6) is 0 Å². The molecular formula is C9H15N5O2. The first-order valence-electron chi connectivity index (χ1n) is 4.86. The Labute approximate surface area is 92.8 Å². The molecular weight excluding hydrogens is 210 g/mol. The number of aromatic nitrogens is 2. The van der Waals surface area contributed by atoms with E-state index in [1.54, 1.807) is 7.05 Å². The van der Waals surface area contributed by atoms with Gasteiger partial charge in [0, 0.05) is 20.0 Å². The van der Waals surface area contributed by atoms with Gasteiger partial charge in [-0.1, -0.05) is 0 Å². The molecule has 0 saturated carbocycles. The van der Waals surface area contributed by atoms with Crippen molar-refractivity contribution >= 4 is 17.6 Å². The summed E-state index contributed by atoms with van der Waals surface area (Å²) in [6, 6.07) is 0. The lowest BCUT2D eigenvalue weighted by atomic mass is 10.2. The molecule has 0 saturated heterocycles. The molecule has 1 heterocycles. The standard InChI is InChI=1S/C9H15N5O2/c1-14-8(11)6(5-13-14)9(16)12-4-2-3-7(10)15/h5H,2-4,11H2,1H3,(H2,10,15)(H,12,16). The third kappa shape index (κ3) is 2.97. The Balaban J connectivity index is 2.41. The van der Waals surface area contributed by atoms with Crippen molar-refractivity contribution in [1.82, 2.24) is 15.1 Å². The van der Waals surface area contributed by atoms with Crippen molar-refractivity contribution in [2.24, 2.45) is 12.8 Å². The molecule has 0 unspecified atom stereocenters. The van der Waals surface area contributed by atoms with E-state index in [0.29, 0.717) is 24.3 Å². The van der Waals surface area contributed by atoms with Crippen LogP contribution in [0, 0.1) is 0 Å². The van der Waals surface area contributed by atoms with E-state index >= 15 is 0 Å². The van der Waals surface area contributed by atoms with Crippen molar-refractivity contribution in [3.8, 4) is 0 Å². The third-order valence-electron chi connectivity index (χ3n) is 2.11. The molecule has 1 rings (SSSR count). The van der Waals surface area contributed by atoms with Crippen molar-refractivity contribution < 1.29 is 9.59 Å². The lowest BCUT2D eigenvalue weighted by Crippen LogP contribution is -2.26. The number of aryl methyl sites for hydroxylation is 1. The molecule has 0 bridgehead atoms. The largest absolute Gasteiger partial charge is 0.383 e. The lowest BCUT2D eigenvalue weighted by Gasteiger charge is -2.03. The highest BCUT2D eigenvalue weighted by atomic mass is 16.2. The summed E-state index contributed by atoms with van der Waals surface area (Å²) in [7, 11) is 1.65. The zero-order chi connectivity index (χ0) is 12.1. The van der Waals surface area contributed by atoms with Crippen molar-refractivity contribution in [3.05, 3.63) is 11.8 Å². The molecule has 0 atom stereocenters. The van der Waals surface area contributed by atoms with Crippen molar-refractivity contribution in [2.45, 2.75) is 12.8 Å². The van der Waals surface area contributed by atoms with Gasteiger partial charge in [0.05, 0.1) is 6.20 Å². The third-order valence-corrected chi connectivity index (χ3v) is 2.11. The molecule has 0 aliphatic carbocycles. The number of rotatable bonds is 5. The van der Waals surface area contributed by atoms with E-state index in [2.05, 4.69) is 10.4 Å². The van der Waals surface area contributed by atoms with Crippen molar-refractivity contribution in [2.75, 3.05) is 12.3 Å². The zero-order valence-corrected chi connectivity index (χ0v) is 9.06. The molecule has 7 nitrogen and oxygen atoms in total. The summed E-state index contributed by atoms with van der Waals surface area (Å²) < 4.78 is 1.42. The van der Waals surface area contributed by atoms with E-state index in [1.807, 2.05) is 0 Å². The van der Waals surface area contributed by atoms with Gasteiger partial charge in [0.1, 0.15) is 11.4 Å². The molecule has 88 valence electrons. The molecule has 2 amide bonds. The molecule has 1 aromatic heterocycles. The zero-order valence-electron chi connectivity index (χ0n) is 9.06. The van der Waals surface area contributed by atoms with Crippen LogP contribution in [0.15, 0.2) is 6.20 Å². The highest BCUT2D eigenvalue weighted by Crippen LogP contribution is 2.08. The fourth-order valence-electron chi connectivity index (χ4n) is 1.18. The second-order valence-electron chi connectivity index (χ2n) is 3.39. The molecule has 0 aliphatic rings. The van der Waals surface area contributed by atoms with E-state index < -0.39 is 0 Å². The molecule has 0 spiro atoms. The maximum atomic E-state index is 11.6. The van der Waals surface area contributed by atoms with E-state index in [-0.39, 0.29) is 18.2 Å². The lowest BCUT2D eigenvalue weighted by molar-refractivity contribution is -0.118. The number of nitrogens with one attached hydrogen (secondary N) is 1. The summed E-state index contributed by atoms with van der Waals surface area (Å²) in [5, 5.41) is 6.48. The summed E-state index contributed by atoms with van der Waals surface area (Å²) in [5.41, 5.74) is 10.9. The Morgan fingerprint density at radius 1 is 1.56 bits per heavy atom. The molecule has 0 aliphatic heterocycles. The normalized spacial score (nSPS) is 10.1. The number of hydrogen-bond acceptors (Lipinski definition) is 4. The van der Waals surface area contributed by atoms with Crippen LogP contribution in [0.25, 0.3) is 0 Å². The number of carbonyl (C=O) groups excluding carboxylic acids is 2. The van der Waals surface area contributed by atoms with E-state index in [0.717, 1.165) is 0 Å². The molecule has 7 heteroatoms. The van der Waals surface area contributed by atoms with Crippen LogP contribution >= 0.6 is 0 Å². The molecule has 0 fully saturated rings. The Bertz CT molecular complexity index is 399. The number of nitrogens with zero attached hydrogens (tertiary/aromatic N) is 2. The first-order chi connectivity index (χ1) is 7.52.